The highest BCUT2D eigenvalue weighted by Crippen LogP contribution is 2.27. The maximum absolute atomic E-state index is 12.0. The maximum atomic E-state index is 12.0. The van der Waals surface area contributed by atoms with Crippen LogP contribution in [0, 0.1) is 0 Å². The number of H-pyrrole nitrogens is 1. The van der Waals surface area contributed by atoms with Gasteiger partial charge in [-0.3, -0.25) is 14.3 Å². The number of imidazole rings is 1. The minimum atomic E-state index is -0.131. The normalized spacial score (nSPS) is 11.3. The molecule has 0 aliphatic heterocycles. The highest BCUT2D eigenvalue weighted by molar-refractivity contribution is 6.06. The number of aromatic amines is 1. The van der Waals surface area contributed by atoms with Crippen LogP contribution in [0.15, 0.2) is 42.5 Å². The molecule has 0 amide bonds. The molecule has 2 aromatic carbocycles. The molecular formula is C19H16N4O2. The van der Waals surface area contributed by atoms with Crippen LogP contribution in [0.2, 0.25) is 0 Å². The third kappa shape index (κ3) is 2.61. The van der Waals surface area contributed by atoms with Gasteiger partial charge in [0.1, 0.15) is 11.5 Å². The van der Waals surface area contributed by atoms with Crippen LogP contribution in [0.1, 0.15) is 24.3 Å². The van der Waals surface area contributed by atoms with E-state index in [0.29, 0.717) is 5.69 Å². The monoisotopic (exact) mass is 332 g/mol. The molecule has 0 unspecified atom stereocenters. The van der Waals surface area contributed by atoms with Gasteiger partial charge in [-0.1, -0.05) is 12.1 Å². The van der Waals surface area contributed by atoms with Crippen molar-refractivity contribution in [2.24, 2.45) is 0 Å². The molecule has 0 bridgehead atoms. The number of nitrogens with zero attached hydrogens (tertiary/aromatic N) is 3. The fourth-order valence-electron chi connectivity index (χ4n) is 3.01. The van der Waals surface area contributed by atoms with Crippen molar-refractivity contribution in [2.45, 2.75) is 20.4 Å². The molecule has 124 valence electrons. The van der Waals surface area contributed by atoms with Gasteiger partial charge in [-0.25, -0.2) is 4.98 Å². The Hall–Kier alpha value is -3.28. The quantitative estimate of drug-likeness (QED) is 0.581. The molecule has 0 atom stereocenters. The molecule has 4 aromatic rings. The lowest BCUT2D eigenvalue weighted by Gasteiger charge is -2.01. The zero-order valence-corrected chi connectivity index (χ0v) is 13.9. The first-order chi connectivity index (χ1) is 12.0. The molecule has 0 aliphatic carbocycles. The van der Waals surface area contributed by atoms with Crippen LogP contribution in [0.5, 0.6) is 0 Å². The predicted octanol–water partition coefficient (Wildman–Crippen LogP) is 3.37. The second-order valence-corrected chi connectivity index (χ2v) is 6.10. The van der Waals surface area contributed by atoms with Crippen molar-refractivity contribution in [3.63, 3.8) is 0 Å². The Morgan fingerprint density at radius 2 is 1.92 bits per heavy atom. The van der Waals surface area contributed by atoms with E-state index in [-0.39, 0.29) is 18.1 Å². The van der Waals surface area contributed by atoms with E-state index in [1.165, 1.54) is 13.8 Å². The van der Waals surface area contributed by atoms with Gasteiger partial charge in [0.05, 0.1) is 23.1 Å². The number of hydrogen-bond donors (Lipinski definition) is 1. The number of fused-ring (bicyclic) bond motifs is 2. The summed E-state index contributed by atoms with van der Waals surface area (Å²) in [5.74, 6) is 0.590. The number of Topliss-reactive ketones (excluding diaryl/α,β-unsaturated/α-hetero) is 2. The van der Waals surface area contributed by atoms with E-state index in [2.05, 4.69) is 15.1 Å². The second kappa shape index (κ2) is 5.66. The van der Waals surface area contributed by atoms with Crippen LogP contribution in [0.3, 0.4) is 0 Å². The Morgan fingerprint density at radius 1 is 1.12 bits per heavy atom. The molecule has 6 nitrogen and oxygen atoms in total. The lowest BCUT2D eigenvalue weighted by molar-refractivity contribution is -0.117. The van der Waals surface area contributed by atoms with Crippen LogP contribution in [0.25, 0.3) is 33.3 Å². The Labute approximate surface area is 143 Å². The largest absolute Gasteiger partial charge is 0.338 e. The molecule has 0 radical (unpaired) electrons. The van der Waals surface area contributed by atoms with Gasteiger partial charge in [-0.2, -0.15) is 5.10 Å². The summed E-state index contributed by atoms with van der Waals surface area (Å²) in [6, 6.07) is 13.5. The number of para-hydroxylation sites is 2. The van der Waals surface area contributed by atoms with E-state index in [0.717, 1.165) is 33.3 Å². The molecule has 0 fully saturated rings. The molecular weight excluding hydrogens is 316 g/mol. The van der Waals surface area contributed by atoms with Crippen molar-refractivity contribution < 1.29 is 9.59 Å². The third-order valence-corrected chi connectivity index (χ3v) is 4.12. The first kappa shape index (κ1) is 15.3. The zero-order chi connectivity index (χ0) is 17.6. The first-order valence-corrected chi connectivity index (χ1v) is 7.99. The van der Waals surface area contributed by atoms with E-state index in [9.17, 15) is 9.59 Å². The number of hydrogen-bond acceptors (Lipinski definition) is 4. The minimum absolute atomic E-state index is 0.0131. The first-order valence-electron chi connectivity index (χ1n) is 7.99. The van der Waals surface area contributed by atoms with Crippen LogP contribution in [-0.4, -0.2) is 31.3 Å². The van der Waals surface area contributed by atoms with Gasteiger partial charge in [-0.05, 0) is 37.3 Å². The van der Waals surface area contributed by atoms with E-state index < -0.39 is 0 Å². The smallest absolute Gasteiger partial charge is 0.180 e. The second-order valence-electron chi connectivity index (χ2n) is 6.10. The minimum Gasteiger partial charge on any atom is -0.338 e. The fourth-order valence-corrected chi connectivity index (χ4v) is 3.01. The van der Waals surface area contributed by atoms with E-state index in [1.54, 1.807) is 4.68 Å². The summed E-state index contributed by atoms with van der Waals surface area (Å²) in [7, 11) is 0. The highest BCUT2D eigenvalue weighted by Gasteiger charge is 2.16. The van der Waals surface area contributed by atoms with Gasteiger partial charge >= 0.3 is 0 Å². The number of carbonyl (C=O) groups is 2. The van der Waals surface area contributed by atoms with Crippen LogP contribution in [0.4, 0.5) is 0 Å². The van der Waals surface area contributed by atoms with Crippen LogP contribution < -0.4 is 0 Å². The number of aromatic nitrogens is 4. The molecule has 0 aliphatic rings. The third-order valence-electron chi connectivity index (χ3n) is 4.12. The predicted molar refractivity (Wildman–Crippen MR) is 95.5 cm³/mol. The summed E-state index contributed by atoms with van der Waals surface area (Å²) in [6.45, 7) is 3.13. The van der Waals surface area contributed by atoms with Gasteiger partial charge < -0.3 is 4.98 Å². The molecule has 2 aromatic heterocycles. The number of carbonyl (C=O) groups excluding carboxylic acids is 2. The Kier molecular flexibility index (Phi) is 3.46. The van der Waals surface area contributed by atoms with Crippen molar-refractivity contribution in [2.75, 3.05) is 0 Å². The summed E-state index contributed by atoms with van der Waals surface area (Å²) in [4.78, 5) is 31.3. The van der Waals surface area contributed by atoms with Gasteiger partial charge in [0, 0.05) is 17.9 Å². The van der Waals surface area contributed by atoms with Gasteiger partial charge in [-0.15, -0.1) is 0 Å². The molecule has 0 spiro atoms. The van der Waals surface area contributed by atoms with Crippen molar-refractivity contribution in [1.29, 1.82) is 0 Å². The lowest BCUT2D eigenvalue weighted by Crippen LogP contribution is -2.08. The van der Waals surface area contributed by atoms with Crippen molar-refractivity contribution in [3.8, 4) is 11.4 Å². The fraction of sp³-hybridized carbons (Fsp3) is 0.158. The van der Waals surface area contributed by atoms with Crippen LogP contribution >= 0.6 is 0 Å². The van der Waals surface area contributed by atoms with Crippen molar-refractivity contribution >= 4 is 33.5 Å². The maximum Gasteiger partial charge on any atom is 0.180 e. The number of nitrogens with one attached hydrogen (secondary N) is 1. The Balaban J connectivity index is 1.90. The molecule has 6 heteroatoms. The van der Waals surface area contributed by atoms with Crippen molar-refractivity contribution in [1.82, 2.24) is 19.7 Å². The van der Waals surface area contributed by atoms with Crippen LogP contribution in [-0.2, 0) is 11.3 Å². The van der Waals surface area contributed by atoms with Crippen molar-refractivity contribution in [3.05, 3.63) is 48.2 Å². The molecule has 0 saturated carbocycles. The standard InChI is InChI=1S/C19H16N4O2/c1-11(24)10-23-17-8-7-13(9-14(17)18(22-23)12(2)25)19-20-15-5-3-4-6-16(15)21-19/h3-9H,10H2,1-2H3,(H,20,21). The van der Waals surface area contributed by atoms with Gasteiger partial charge in [0.25, 0.3) is 0 Å². The van der Waals surface area contributed by atoms with E-state index in [4.69, 9.17) is 0 Å². The topological polar surface area (TPSA) is 80.6 Å². The van der Waals surface area contributed by atoms with E-state index >= 15 is 0 Å². The SMILES string of the molecule is CC(=O)Cn1nc(C(C)=O)c2cc(-c3nc4ccccc4[nH]3)ccc21. The molecule has 25 heavy (non-hydrogen) atoms. The molecule has 0 saturated heterocycles. The average molecular weight is 332 g/mol. The summed E-state index contributed by atoms with van der Waals surface area (Å²) in [5, 5.41) is 5.05. The number of rotatable bonds is 4. The summed E-state index contributed by atoms with van der Waals surface area (Å²) < 4.78 is 1.58. The molecule has 4 rings (SSSR count). The number of benzene rings is 2. The Bertz CT molecular complexity index is 1100. The highest BCUT2D eigenvalue weighted by atomic mass is 16.1. The number of ketones is 2. The van der Waals surface area contributed by atoms with Gasteiger partial charge in [0.15, 0.2) is 11.6 Å². The average Bonchev–Trinajstić information content (AvgIpc) is 3.15. The van der Waals surface area contributed by atoms with Gasteiger partial charge in [0.2, 0.25) is 0 Å². The molecule has 1 N–H and O–H groups in total. The molecule has 2 heterocycles. The lowest BCUT2D eigenvalue weighted by atomic mass is 10.1. The summed E-state index contributed by atoms with van der Waals surface area (Å²) in [5.41, 5.74) is 3.84. The Morgan fingerprint density at radius 3 is 2.64 bits per heavy atom. The zero-order valence-electron chi connectivity index (χ0n) is 13.9. The summed E-state index contributed by atoms with van der Waals surface area (Å²) in [6.07, 6.45) is 0. The summed E-state index contributed by atoms with van der Waals surface area (Å²) >= 11 is 0. The van der Waals surface area contributed by atoms with E-state index in [1.807, 2.05) is 42.5 Å².